The van der Waals surface area contributed by atoms with E-state index in [1.807, 2.05) is 0 Å². The lowest BCUT2D eigenvalue weighted by molar-refractivity contribution is -0.194. The quantitative estimate of drug-likeness (QED) is 0.501. The van der Waals surface area contributed by atoms with Crippen molar-refractivity contribution in [1.82, 2.24) is 25.0 Å². The zero-order chi connectivity index (χ0) is 24.1. The lowest BCUT2D eigenvalue weighted by Crippen LogP contribution is -2.65. The summed E-state index contributed by atoms with van der Waals surface area (Å²) in [5.41, 5.74) is 2.23. The van der Waals surface area contributed by atoms with Crippen LogP contribution in [0.5, 0.6) is 0 Å². The Morgan fingerprint density at radius 1 is 1.18 bits per heavy atom. The van der Waals surface area contributed by atoms with Crippen molar-refractivity contribution in [3.05, 3.63) is 47.4 Å². The van der Waals surface area contributed by atoms with Crippen LogP contribution in [-0.4, -0.2) is 37.0 Å². The second-order valence-corrected chi connectivity index (χ2v) is 9.83. The molecular formula is C23H24ClN7O3. The molecular weight excluding hydrogens is 458 g/mol. The van der Waals surface area contributed by atoms with E-state index >= 15 is 0 Å². The summed E-state index contributed by atoms with van der Waals surface area (Å²) in [5, 5.41) is 14.0. The number of aromatic nitrogens is 5. The molecule has 0 aromatic carbocycles. The van der Waals surface area contributed by atoms with Gasteiger partial charge < -0.3 is 10.1 Å². The molecule has 2 bridgehead atoms. The molecule has 3 heterocycles. The molecule has 2 N–H and O–H groups in total. The minimum absolute atomic E-state index is 0.0539. The largest absolute Gasteiger partial charge is 0.441 e. The number of hydrogen-bond acceptors (Lipinski definition) is 7. The molecule has 6 rings (SSSR count). The summed E-state index contributed by atoms with van der Waals surface area (Å²) in [7, 11) is 1.65. The molecule has 3 aliphatic carbocycles. The maximum atomic E-state index is 12.6. The number of pyridine rings is 2. The Morgan fingerprint density at radius 2 is 1.94 bits per heavy atom. The summed E-state index contributed by atoms with van der Waals surface area (Å²) in [6.07, 6.45) is 4.68. The maximum absolute atomic E-state index is 12.6. The average Bonchev–Trinajstić information content (AvgIpc) is 3.11. The van der Waals surface area contributed by atoms with Crippen molar-refractivity contribution >= 4 is 35.1 Å². The number of hydrogen-bond donors (Lipinski definition) is 2. The fourth-order valence-corrected chi connectivity index (χ4v) is 5.40. The normalized spacial score (nSPS) is 23.3. The first-order chi connectivity index (χ1) is 16.2. The molecule has 176 valence electrons. The number of halogens is 1. The van der Waals surface area contributed by atoms with Crippen LogP contribution in [0.25, 0.3) is 11.4 Å². The standard InChI is InChI=1S/C23H24ClN7O3/c1-13(15-5-4-8-25-18(15)24)34-21(33)28-19-17(29-30-31(19)3)16-7-6-14(9-26-16)27-20(32)23-10-22(2,11-23)12-23/h4-9,13H,10-12H2,1-3H3,(H,27,32)(H,28,33)/t13-,22?,23?/m1/s1. The van der Waals surface area contributed by atoms with E-state index in [0.717, 1.165) is 19.3 Å². The van der Waals surface area contributed by atoms with Crippen LogP contribution in [0.2, 0.25) is 5.15 Å². The van der Waals surface area contributed by atoms with Crippen LogP contribution >= 0.6 is 11.6 Å². The molecule has 0 aliphatic heterocycles. The molecule has 0 radical (unpaired) electrons. The Labute approximate surface area is 201 Å². The first-order valence-electron chi connectivity index (χ1n) is 10.9. The molecule has 0 unspecified atom stereocenters. The van der Waals surface area contributed by atoms with E-state index in [1.165, 1.54) is 4.68 Å². The molecule has 34 heavy (non-hydrogen) atoms. The number of rotatable bonds is 6. The van der Waals surface area contributed by atoms with Gasteiger partial charge in [0, 0.05) is 18.8 Å². The molecule has 10 nitrogen and oxygen atoms in total. The van der Waals surface area contributed by atoms with Gasteiger partial charge in [-0.15, -0.1) is 5.10 Å². The number of nitrogens with zero attached hydrogens (tertiary/aromatic N) is 5. The highest BCUT2D eigenvalue weighted by Gasteiger charge is 2.68. The predicted molar refractivity (Wildman–Crippen MR) is 125 cm³/mol. The van der Waals surface area contributed by atoms with Gasteiger partial charge >= 0.3 is 6.09 Å². The Hall–Kier alpha value is -3.53. The van der Waals surface area contributed by atoms with E-state index in [-0.39, 0.29) is 16.5 Å². The van der Waals surface area contributed by atoms with E-state index in [2.05, 4.69) is 37.8 Å². The van der Waals surface area contributed by atoms with Crippen molar-refractivity contribution in [2.45, 2.75) is 39.2 Å². The second-order valence-electron chi connectivity index (χ2n) is 9.47. The number of amides is 2. The van der Waals surface area contributed by atoms with Crippen molar-refractivity contribution in [3.63, 3.8) is 0 Å². The number of carbonyl (C=O) groups excluding carboxylic acids is 2. The van der Waals surface area contributed by atoms with Crippen molar-refractivity contribution in [2.24, 2.45) is 17.9 Å². The lowest BCUT2D eigenvalue weighted by Gasteiger charge is -2.68. The van der Waals surface area contributed by atoms with Crippen LogP contribution < -0.4 is 10.6 Å². The fourth-order valence-electron chi connectivity index (χ4n) is 5.13. The Balaban J connectivity index is 1.25. The maximum Gasteiger partial charge on any atom is 0.413 e. The number of ether oxygens (including phenoxy) is 1. The van der Waals surface area contributed by atoms with Crippen molar-refractivity contribution < 1.29 is 14.3 Å². The molecule has 2 amide bonds. The molecule has 3 aliphatic rings. The monoisotopic (exact) mass is 481 g/mol. The summed E-state index contributed by atoms with van der Waals surface area (Å²) in [4.78, 5) is 33.5. The predicted octanol–water partition coefficient (Wildman–Crippen LogP) is 4.36. The van der Waals surface area contributed by atoms with Gasteiger partial charge in [-0.25, -0.2) is 14.5 Å². The SMILES string of the molecule is C[C@@H](OC(=O)Nc1c(-c2ccc(NC(=O)C34CC(C)(C3)C4)cn2)nnn1C)c1cccnc1Cl. The topological polar surface area (TPSA) is 124 Å². The average molecular weight is 482 g/mol. The third-order valence-electron chi connectivity index (χ3n) is 6.60. The molecule has 3 saturated carbocycles. The zero-order valence-electron chi connectivity index (χ0n) is 19.0. The minimum atomic E-state index is -0.699. The van der Waals surface area contributed by atoms with E-state index in [0.29, 0.717) is 33.9 Å². The molecule has 0 saturated heterocycles. The number of nitrogens with one attached hydrogen (secondary N) is 2. The summed E-state index contributed by atoms with van der Waals surface area (Å²) in [6.45, 7) is 3.92. The van der Waals surface area contributed by atoms with Crippen LogP contribution in [0.1, 0.15) is 44.8 Å². The lowest BCUT2D eigenvalue weighted by atomic mass is 9.35. The molecule has 0 spiro atoms. The van der Waals surface area contributed by atoms with Gasteiger partial charge in [-0.1, -0.05) is 29.8 Å². The number of aryl methyl sites for hydroxylation is 1. The van der Waals surface area contributed by atoms with Crippen molar-refractivity contribution in [3.8, 4) is 11.4 Å². The summed E-state index contributed by atoms with van der Waals surface area (Å²) >= 11 is 6.08. The van der Waals surface area contributed by atoms with E-state index < -0.39 is 12.2 Å². The fraction of sp³-hybridized carbons (Fsp3) is 0.391. The van der Waals surface area contributed by atoms with Gasteiger partial charge in [0.15, 0.2) is 11.5 Å². The van der Waals surface area contributed by atoms with Gasteiger partial charge in [0.2, 0.25) is 5.91 Å². The van der Waals surface area contributed by atoms with Crippen LogP contribution in [0.4, 0.5) is 16.3 Å². The van der Waals surface area contributed by atoms with Crippen LogP contribution in [0.15, 0.2) is 36.7 Å². The molecule has 1 atom stereocenters. The van der Waals surface area contributed by atoms with Crippen LogP contribution in [0, 0.1) is 10.8 Å². The Bertz CT molecular complexity index is 1250. The number of carbonyl (C=O) groups is 2. The summed E-state index contributed by atoms with van der Waals surface area (Å²) < 4.78 is 6.86. The zero-order valence-corrected chi connectivity index (χ0v) is 19.8. The second kappa shape index (κ2) is 8.05. The molecule has 11 heteroatoms. The third-order valence-corrected chi connectivity index (χ3v) is 6.91. The first kappa shape index (κ1) is 22.3. The van der Waals surface area contributed by atoms with Gasteiger partial charge in [-0.2, -0.15) is 0 Å². The van der Waals surface area contributed by atoms with Gasteiger partial charge in [0.05, 0.1) is 23.0 Å². The molecule has 3 fully saturated rings. The van der Waals surface area contributed by atoms with Gasteiger partial charge in [-0.3, -0.25) is 15.1 Å². The first-order valence-corrected chi connectivity index (χ1v) is 11.3. The minimum Gasteiger partial charge on any atom is -0.441 e. The molecule has 3 aromatic rings. The van der Waals surface area contributed by atoms with Gasteiger partial charge in [0.25, 0.3) is 0 Å². The van der Waals surface area contributed by atoms with Gasteiger partial charge in [0.1, 0.15) is 11.3 Å². The van der Waals surface area contributed by atoms with E-state index in [4.69, 9.17) is 16.3 Å². The third kappa shape index (κ3) is 3.87. The molecule has 3 aromatic heterocycles. The smallest absolute Gasteiger partial charge is 0.413 e. The highest BCUT2D eigenvalue weighted by atomic mass is 35.5. The highest BCUT2D eigenvalue weighted by Crippen LogP contribution is 2.73. The van der Waals surface area contributed by atoms with E-state index in [9.17, 15) is 9.59 Å². The van der Waals surface area contributed by atoms with Crippen LogP contribution in [-0.2, 0) is 16.6 Å². The Morgan fingerprint density at radius 3 is 2.59 bits per heavy atom. The van der Waals surface area contributed by atoms with Crippen LogP contribution in [0.3, 0.4) is 0 Å². The van der Waals surface area contributed by atoms with Crippen molar-refractivity contribution in [2.75, 3.05) is 10.6 Å². The Kier molecular flexibility index (Phi) is 5.27. The number of anilines is 2. The van der Waals surface area contributed by atoms with Crippen molar-refractivity contribution in [1.29, 1.82) is 0 Å². The summed E-state index contributed by atoms with van der Waals surface area (Å²) in [5.74, 6) is 0.374. The van der Waals surface area contributed by atoms with E-state index in [1.54, 1.807) is 50.6 Å². The summed E-state index contributed by atoms with van der Waals surface area (Å²) in [6, 6.07) is 6.94. The highest BCUT2D eigenvalue weighted by molar-refractivity contribution is 6.30. The van der Waals surface area contributed by atoms with Gasteiger partial charge in [-0.05, 0) is 49.8 Å².